The van der Waals surface area contributed by atoms with E-state index in [-0.39, 0.29) is 13.2 Å². The number of benzene rings is 2. The zero-order chi connectivity index (χ0) is 19.4. The molecule has 144 valence electrons. The van der Waals surface area contributed by atoms with Gasteiger partial charge in [-0.25, -0.2) is 9.13 Å². The molecule has 7 nitrogen and oxygen atoms in total. The third-order valence-electron chi connectivity index (χ3n) is 3.45. The van der Waals surface area contributed by atoms with Gasteiger partial charge in [0.05, 0.1) is 13.2 Å². The van der Waals surface area contributed by atoms with E-state index in [4.69, 9.17) is 29.5 Å². The van der Waals surface area contributed by atoms with E-state index >= 15 is 0 Å². The second-order valence-corrected chi connectivity index (χ2v) is 9.84. The summed E-state index contributed by atoms with van der Waals surface area (Å²) < 4.78 is 52.3. The van der Waals surface area contributed by atoms with Crippen molar-refractivity contribution in [1.82, 2.24) is 0 Å². The van der Waals surface area contributed by atoms with Crippen LogP contribution in [0, 0.1) is 12.3 Å². The molecule has 27 heavy (non-hydrogen) atoms. The summed E-state index contributed by atoms with van der Waals surface area (Å²) >= 11 is 0. The van der Waals surface area contributed by atoms with Gasteiger partial charge in [-0.1, -0.05) is 43.3 Å². The molecule has 9 heteroatoms. The van der Waals surface area contributed by atoms with Crippen LogP contribution < -0.4 is 9.05 Å². The molecule has 0 atom stereocenters. The Morgan fingerprint density at radius 3 is 1.89 bits per heavy atom. The van der Waals surface area contributed by atoms with E-state index < -0.39 is 27.2 Å². The molecule has 1 fully saturated rings. The first-order valence-corrected chi connectivity index (χ1v) is 11.4. The van der Waals surface area contributed by atoms with Crippen LogP contribution in [0.1, 0.15) is 6.92 Å². The molecular weight excluding hydrogens is 390 g/mol. The summed E-state index contributed by atoms with van der Waals surface area (Å²) in [6.07, 6.45) is -0.630. The van der Waals surface area contributed by atoms with Gasteiger partial charge in [0.1, 0.15) is 11.5 Å². The van der Waals surface area contributed by atoms with Crippen molar-refractivity contribution in [3.8, 4) is 11.5 Å². The summed E-state index contributed by atoms with van der Waals surface area (Å²) in [5.41, 5.74) is -0.776. The van der Waals surface area contributed by atoms with E-state index in [1.807, 2.05) is 0 Å². The summed E-state index contributed by atoms with van der Waals surface area (Å²) in [6, 6.07) is 17.0. The van der Waals surface area contributed by atoms with Crippen molar-refractivity contribution in [3.63, 3.8) is 0 Å². The molecule has 0 unspecified atom stereocenters. The van der Waals surface area contributed by atoms with Gasteiger partial charge in [0.2, 0.25) is 0 Å². The van der Waals surface area contributed by atoms with Crippen molar-refractivity contribution in [1.29, 1.82) is 0 Å². The molecule has 1 aliphatic rings. The largest absolute Gasteiger partial charge is 0.475 e. The Balaban J connectivity index is 1.73. The molecule has 0 amide bonds. The van der Waals surface area contributed by atoms with Crippen LogP contribution >= 0.6 is 15.4 Å². The third kappa shape index (κ3) is 5.93. The van der Waals surface area contributed by atoms with E-state index in [2.05, 4.69) is 0 Å². The molecule has 2 radical (unpaired) electrons. The molecule has 1 heterocycles. The van der Waals surface area contributed by atoms with Crippen molar-refractivity contribution in [2.75, 3.05) is 19.6 Å². The van der Waals surface area contributed by atoms with Gasteiger partial charge in [0.15, 0.2) is 6.35 Å². The predicted octanol–water partition coefficient (Wildman–Crippen LogP) is 5.18. The first-order valence-electron chi connectivity index (χ1n) is 8.19. The van der Waals surface area contributed by atoms with Crippen LogP contribution in [0.4, 0.5) is 0 Å². The van der Waals surface area contributed by atoms with E-state index in [1.54, 1.807) is 67.6 Å². The second kappa shape index (κ2) is 8.17. The molecule has 0 aromatic heterocycles. The van der Waals surface area contributed by atoms with Crippen LogP contribution in [0.3, 0.4) is 0 Å². The highest BCUT2D eigenvalue weighted by molar-refractivity contribution is 7.55. The van der Waals surface area contributed by atoms with E-state index in [0.717, 1.165) is 0 Å². The van der Waals surface area contributed by atoms with Gasteiger partial charge in [-0.15, -0.1) is 0 Å². The summed E-state index contributed by atoms with van der Waals surface area (Å²) in [5, 5.41) is 0. The summed E-state index contributed by atoms with van der Waals surface area (Å²) in [6.45, 7) is 7.51. The maximum atomic E-state index is 13.2. The fourth-order valence-corrected chi connectivity index (χ4v) is 5.39. The lowest BCUT2D eigenvalue weighted by molar-refractivity contribution is 0.0172. The van der Waals surface area contributed by atoms with Gasteiger partial charge < -0.3 is 9.05 Å². The normalized spacial score (nSPS) is 18.6. The smallest absolute Gasteiger partial charge is 0.415 e. The number of phosphoric acid groups is 1. The summed E-state index contributed by atoms with van der Waals surface area (Å²) in [5.74, 6) is 0.636. The monoisotopic (exact) mass is 410 g/mol. The number of hydrogen-bond donors (Lipinski definition) is 0. The lowest BCUT2D eigenvalue weighted by Gasteiger charge is -2.33. The molecule has 2 aromatic rings. The zero-order valence-electron chi connectivity index (χ0n) is 14.7. The van der Waals surface area contributed by atoms with E-state index in [1.165, 1.54) is 0 Å². The molecule has 0 spiro atoms. The molecule has 1 saturated heterocycles. The highest BCUT2D eigenvalue weighted by Crippen LogP contribution is 2.59. The van der Waals surface area contributed by atoms with Crippen molar-refractivity contribution < 1.29 is 31.7 Å². The Labute approximate surface area is 158 Å². The first-order chi connectivity index (χ1) is 12.8. The lowest BCUT2D eigenvalue weighted by atomic mass is 9.97. The topological polar surface area (TPSA) is 80.3 Å². The van der Waals surface area contributed by atoms with Crippen LogP contribution in [0.2, 0.25) is 0 Å². The number of hydrogen-bond acceptors (Lipinski definition) is 7. The standard InChI is InChI=1S/C18H20O7P2/c1-18(2)13-21-27(20,22-14-18)23-15-26(19,24-16-9-5-3-6-10-16)25-17-11-7-4-8-12-17/h1,3-12H,13-15H2,2H3. The maximum Gasteiger partial charge on any atom is 0.475 e. The second-order valence-electron chi connectivity index (χ2n) is 6.33. The Morgan fingerprint density at radius 1 is 1.00 bits per heavy atom. The Bertz CT molecular complexity index is 780. The highest BCUT2D eigenvalue weighted by Gasteiger charge is 2.41. The highest BCUT2D eigenvalue weighted by atomic mass is 31.2. The van der Waals surface area contributed by atoms with Crippen LogP contribution in [0.25, 0.3) is 0 Å². The Kier molecular flexibility index (Phi) is 6.09. The molecular formula is C18H20O7P2. The number of rotatable bonds is 7. The number of phosphoric ester groups is 1. The number of para-hydroxylation sites is 2. The quantitative estimate of drug-likeness (QED) is 0.582. The van der Waals surface area contributed by atoms with Crippen LogP contribution in [-0.2, 0) is 22.7 Å². The summed E-state index contributed by atoms with van der Waals surface area (Å²) in [4.78, 5) is 0. The Morgan fingerprint density at radius 2 is 1.44 bits per heavy atom. The minimum absolute atomic E-state index is 0.0202. The molecule has 0 aliphatic carbocycles. The third-order valence-corrected chi connectivity index (χ3v) is 6.42. The van der Waals surface area contributed by atoms with Gasteiger partial charge >= 0.3 is 15.4 Å². The van der Waals surface area contributed by atoms with Gasteiger partial charge in [-0.2, -0.15) is 0 Å². The minimum Gasteiger partial charge on any atom is -0.415 e. The summed E-state index contributed by atoms with van der Waals surface area (Å²) in [7, 11) is -7.80. The van der Waals surface area contributed by atoms with Crippen molar-refractivity contribution in [2.24, 2.45) is 5.41 Å². The average Bonchev–Trinajstić information content (AvgIpc) is 2.65. The van der Waals surface area contributed by atoms with Gasteiger partial charge in [-0.05, 0) is 31.2 Å². The molecule has 3 rings (SSSR count). The van der Waals surface area contributed by atoms with Gasteiger partial charge in [-0.3, -0.25) is 13.6 Å². The predicted molar refractivity (Wildman–Crippen MR) is 99.6 cm³/mol. The van der Waals surface area contributed by atoms with Crippen molar-refractivity contribution in [2.45, 2.75) is 6.92 Å². The van der Waals surface area contributed by atoms with Crippen LogP contribution in [0.5, 0.6) is 11.5 Å². The van der Waals surface area contributed by atoms with E-state index in [0.29, 0.717) is 11.5 Å². The molecule has 2 aromatic carbocycles. The fourth-order valence-electron chi connectivity index (χ4n) is 2.10. The zero-order valence-corrected chi connectivity index (χ0v) is 16.5. The SMILES string of the molecule is [CH]C1(C)COP(=O)(OCP(=O)(Oc2ccccc2)Oc2ccccc2)OC1. The van der Waals surface area contributed by atoms with E-state index in [9.17, 15) is 9.13 Å². The van der Waals surface area contributed by atoms with Gasteiger partial charge in [0, 0.05) is 5.41 Å². The lowest BCUT2D eigenvalue weighted by Crippen LogP contribution is -2.30. The van der Waals surface area contributed by atoms with Crippen LogP contribution in [-0.4, -0.2) is 19.6 Å². The average molecular weight is 410 g/mol. The van der Waals surface area contributed by atoms with Crippen LogP contribution in [0.15, 0.2) is 60.7 Å². The van der Waals surface area contributed by atoms with Gasteiger partial charge in [0.25, 0.3) is 0 Å². The molecule has 0 bridgehead atoms. The maximum absolute atomic E-state index is 13.2. The molecule has 0 N–H and O–H groups in total. The minimum atomic E-state index is -3.91. The van der Waals surface area contributed by atoms with Crippen molar-refractivity contribution in [3.05, 3.63) is 67.6 Å². The first kappa shape index (κ1) is 20.1. The molecule has 0 saturated carbocycles. The van der Waals surface area contributed by atoms with Crippen molar-refractivity contribution >= 4 is 15.4 Å². The Hall–Kier alpha value is -1.62. The molecule has 1 aliphatic heterocycles. The fraction of sp³-hybridized carbons (Fsp3) is 0.278.